The van der Waals surface area contributed by atoms with E-state index in [9.17, 15) is 9.90 Å². The molecule has 80 valence electrons. The molecule has 1 N–H and O–H groups in total. The molecule has 1 saturated heterocycles. The number of anilines is 1. The first-order chi connectivity index (χ1) is 7.24. The lowest BCUT2D eigenvalue weighted by Gasteiger charge is -2.21. The molecular weight excluding hydrogens is 192 g/mol. The van der Waals surface area contributed by atoms with Crippen LogP contribution in [-0.4, -0.2) is 28.6 Å². The molecule has 2 heterocycles. The molecular formula is C11H14N2O2. The van der Waals surface area contributed by atoms with Crippen molar-refractivity contribution in [3.05, 3.63) is 24.4 Å². The SMILES string of the molecule is CC1CC(CO)N(c2ccccn2)C1=O. The van der Waals surface area contributed by atoms with Gasteiger partial charge in [-0.05, 0) is 18.6 Å². The van der Waals surface area contributed by atoms with E-state index in [-0.39, 0.29) is 24.5 Å². The lowest BCUT2D eigenvalue weighted by molar-refractivity contribution is -0.120. The summed E-state index contributed by atoms with van der Waals surface area (Å²) in [5.41, 5.74) is 0. The third kappa shape index (κ3) is 1.72. The van der Waals surface area contributed by atoms with Gasteiger partial charge in [0.05, 0.1) is 12.6 Å². The van der Waals surface area contributed by atoms with Crippen LogP contribution in [-0.2, 0) is 4.79 Å². The van der Waals surface area contributed by atoms with Crippen LogP contribution < -0.4 is 4.90 Å². The molecule has 0 saturated carbocycles. The highest BCUT2D eigenvalue weighted by atomic mass is 16.3. The Morgan fingerprint density at radius 3 is 3.00 bits per heavy atom. The monoisotopic (exact) mass is 206 g/mol. The van der Waals surface area contributed by atoms with E-state index < -0.39 is 0 Å². The van der Waals surface area contributed by atoms with Gasteiger partial charge in [0.15, 0.2) is 0 Å². The van der Waals surface area contributed by atoms with Gasteiger partial charge in [0.25, 0.3) is 0 Å². The zero-order valence-electron chi connectivity index (χ0n) is 8.63. The number of amides is 1. The Kier molecular flexibility index (Phi) is 2.68. The van der Waals surface area contributed by atoms with Crippen molar-refractivity contribution in [2.45, 2.75) is 19.4 Å². The number of pyridine rings is 1. The molecule has 1 aromatic rings. The van der Waals surface area contributed by atoms with Crippen LogP contribution >= 0.6 is 0 Å². The maximum atomic E-state index is 11.8. The molecule has 0 aromatic carbocycles. The number of hydrogen-bond donors (Lipinski definition) is 1. The number of rotatable bonds is 2. The third-order valence-electron chi connectivity index (χ3n) is 2.76. The molecule has 2 unspecified atom stereocenters. The highest BCUT2D eigenvalue weighted by Gasteiger charge is 2.37. The molecule has 1 aliphatic heterocycles. The van der Waals surface area contributed by atoms with Gasteiger partial charge in [-0.2, -0.15) is 0 Å². The maximum absolute atomic E-state index is 11.8. The number of carbonyl (C=O) groups is 1. The lowest BCUT2D eigenvalue weighted by Crippen LogP contribution is -2.36. The molecule has 1 amide bonds. The minimum Gasteiger partial charge on any atom is -0.394 e. The summed E-state index contributed by atoms with van der Waals surface area (Å²) in [7, 11) is 0. The molecule has 4 nitrogen and oxygen atoms in total. The second-order valence-corrected chi connectivity index (χ2v) is 3.87. The third-order valence-corrected chi connectivity index (χ3v) is 2.76. The van der Waals surface area contributed by atoms with Gasteiger partial charge in [-0.15, -0.1) is 0 Å². The van der Waals surface area contributed by atoms with E-state index in [4.69, 9.17) is 0 Å². The Morgan fingerprint density at radius 1 is 1.60 bits per heavy atom. The summed E-state index contributed by atoms with van der Waals surface area (Å²) < 4.78 is 0. The number of aliphatic hydroxyl groups excluding tert-OH is 1. The fourth-order valence-corrected chi connectivity index (χ4v) is 1.98. The van der Waals surface area contributed by atoms with E-state index in [0.717, 1.165) is 0 Å². The molecule has 2 rings (SSSR count). The second-order valence-electron chi connectivity index (χ2n) is 3.87. The van der Waals surface area contributed by atoms with E-state index in [1.54, 1.807) is 23.2 Å². The number of aliphatic hydroxyl groups is 1. The van der Waals surface area contributed by atoms with Crippen LogP contribution in [0.5, 0.6) is 0 Å². The predicted molar refractivity (Wildman–Crippen MR) is 56.4 cm³/mol. The van der Waals surface area contributed by atoms with Gasteiger partial charge in [0, 0.05) is 12.1 Å². The molecule has 1 aromatic heterocycles. The molecule has 15 heavy (non-hydrogen) atoms. The van der Waals surface area contributed by atoms with Crippen molar-refractivity contribution < 1.29 is 9.90 Å². The van der Waals surface area contributed by atoms with Crippen LogP contribution in [0.3, 0.4) is 0 Å². The van der Waals surface area contributed by atoms with Crippen LogP contribution in [0, 0.1) is 5.92 Å². The fraction of sp³-hybridized carbons (Fsp3) is 0.455. The van der Waals surface area contributed by atoms with Gasteiger partial charge in [-0.25, -0.2) is 4.98 Å². The van der Waals surface area contributed by atoms with Crippen molar-refractivity contribution in [2.24, 2.45) is 5.92 Å². The maximum Gasteiger partial charge on any atom is 0.231 e. The summed E-state index contributed by atoms with van der Waals surface area (Å²) in [5.74, 6) is 0.655. The smallest absolute Gasteiger partial charge is 0.231 e. The summed E-state index contributed by atoms with van der Waals surface area (Å²) in [6.45, 7) is 1.88. The summed E-state index contributed by atoms with van der Waals surface area (Å²) in [4.78, 5) is 17.6. The van der Waals surface area contributed by atoms with Gasteiger partial charge >= 0.3 is 0 Å². The Bertz CT molecular complexity index is 353. The second kappa shape index (κ2) is 3.98. The first-order valence-electron chi connectivity index (χ1n) is 5.09. The van der Waals surface area contributed by atoms with Crippen molar-refractivity contribution in [3.8, 4) is 0 Å². The van der Waals surface area contributed by atoms with Crippen LogP contribution in [0.1, 0.15) is 13.3 Å². The number of carbonyl (C=O) groups excluding carboxylic acids is 1. The Morgan fingerprint density at radius 2 is 2.40 bits per heavy atom. The molecule has 1 fully saturated rings. The average molecular weight is 206 g/mol. The zero-order valence-corrected chi connectivity index (χ0v) is 8.63. The van der Waals surface area contributed by atoms with E-state index in [1.165, 1.54) is 0 Å². The van der Waals surface area contributed by atoms with Crippen molar-refractivity contribution in [1.82, 2.24) is 4.98 Å². The summed E-state index contributed by atoms with van der Waals surface area (Å²) in [6, 6.07) is 5.31. The van der Waals surface area contributed by atoms with Gasteiger partial charge in [-0.3, -0.25) is 9.69 Å². The van der Waals surface area contributed by atoms with Crippen molar-refractivity contribution >= 4 is 11.7 Å². The average Bonchev–Trinajstić information content (AvgIpc) is 2.56. The lowest BCUT2D eigenvalue weighted by atomic mass is 10.1. The topological polar surface area (TPSA) is 53.4 Å². The summed E-state index contributed by atoms with van der Waals surface area (Å²) >= 11 is 0. The van der Waals surface area contributed by atoms with E-state index in [0.29, 0.717) is 12.2 Å². The minimum atomic E-state index is -0.123. The fourth-order valence-electron chi connectivity index (χ4n) is 1.98. The summed E-state index contributed by atoms with van der Waals surface area (Å²) in [5, 5.41) is 9.21. The van der Waals surface area contributed by atoms with Gasteiger partial charge in [-0.1, -0.05) is 13.0 Å². The number of nitrogens with zero attached hydrogens (tertiary/aromatic N) is 2. The van der Waals surface area contributed by atoms with E-state index in [1.807, 2.05) is 13.0 Å². The number of hydrogen-bond acceptors (Lipinski definition) is 3. The van der Waals surface area contributed by atoms with Gasteiger partial charge in [0.1, 0.15) is 5.82 Å². The first-order valence-corrected chi connectivity index (χ1v) is 5.09. The molecule has 2 atom stereocenters. The minimum absolute atomic E-state index is 0.00729. The van der Waals surface area contributed by atoms with Gasteiger partial charge in [0.2, 0.25) is 5.91 Å². The van der Waals surface area contributed by atoms with Gasteiger partial charge < -0.3 is 5.11 Å². The standard InChI is InChI=1S/C11H14N2O2/c1-8-6-9(7-14)13(11(8)15)10-4-2-3-5-12-10/h2-5,8-9,14H,6-7H2,1H3. The molecule has 0 radical (unpaired) electrons. The van der Waals surface area contributed by atoms with Crippen molar-refractivity contribution in [1.29, 1.82) is 0 Å². The zero-order chi connectivity index (χ0) is 10.8. The van der Waals surface area contributed by atoms with E-state index in [2.05, 4.69) is 4.98 Å². The number of aromatic nitrogens is 1. The highest BCUT2D eigenvalue weighted by Crippen LogP contribution is 2.28. The van der Waals surface area contributed by atoms with Crippen LogP contribution in [0.2, 0.25) is 0 Å². The molecule has 0 spiro atoms. The van der Waals surface area contributed by atoms with E-state index >= 15 is 0 Å². The van der Waals surface area contributed by atoms with Crippen molar-refractivity contribution in [2.75, 3.05) is 11.5 Å². The highest BCUT2D eigenvalue weighted by molar-refractivity contribution is 5.96. The van der Waals surface area contributed by atoms with Crippen LogP contribution in [0.25, 0.3) is 0 Å². The predicted octanol–water partition coefficient (Wildman–Crippen LogP) is 0.815. The first kappa shape index (κ1) is 10.1. The summed E-state index contributed by atoms with van der Waals surface area (Å²) in [6.07, 6.45) is 2.35. The largest absolute Gasteiger partial charge is 0.394 e. The van der Waals surface area contributed by atoms with Crippen LogP contribution in [0.15, 0.2) is 24.4 Å². The Hall–Kier alpha value is -1.42. The molecule has 1 aliphatic rings. The quantitative estimate of drug-likeness (QED) is 0.779. The van der Waals surface area contributed by atoms with Crippen LogP contribution in [0.4, 0.5) is 5.82 Å². The normalized spacial score (nSPS) is 26.0. The molecule has 0 bridgehead atoms. The molecule has 0 aliphatic carbocycles. The van der Waals surface area contributed by atoms with Crippen molar-refractivity contribution in [3.63, 3.8) is 0 Å². The Balaban J connectivity index is 2.31. The molecule has 4 heteroatoms. The Labute approximate surface area is 88.6 Å².